The number of halogens is 1. The van der Waals surface area contributed by atoms with Crippen molar-refractivity contribution in [1.82, 2.24) is 0 Å². The fourth-order valence-corrected chi connectivity index (χ4v) is 2.25. The van der Waals surface area contributed by atoms with Gasteiger partial charge in [-0.2, -0.15) is 0 Å². The number of primary amides is 1. The van der Waals surface area contributed by atoms with E-state index in [9.17, 15) is 9.90 Å². The van der Waals surface area contributed by atoms with Gasteiger partial charge in [0.15, 0.2) is 0 Å². The van der Waals surface area contributed by atoms with E-state index in [-0.39, 0.29) is 0 Å². The lowest BCUT2D eigenvalue weighted by atomic mass is 10.1. The van der Waals surface area contributed by atoms with Crippen molar-refractivity contribution in [3.8, 4) is 0 Å². The van der Waals surface area contributed by atoms with Gasteiger partial charge in [-0.1, -0.05) is 34.1 Å². The Morgan fingerprint density at radius 1 is 1.25 bits per heavy atom. The molecule has 0 bridgehead atoms. The van der Waals surface area contributed by atoms with Crippen molar-refractivity contribution >= 4 is 27.5 Å². The molecule has 2 rings (SSSR count). The quantitative estimate of drug-likeness (QED) is 0.786. The highest BCUT2D eigenvalue weighted by Crippen LogP contribution is 2.19. The third-order valence-electron chi connectivity index (χ3n) is 2.88. The Morgan fingerprint density at radius 3 is 2.70 bits per heavy atom. The van der Waals surface area contributed by atoms with Crippen molar-refractivity contribution in [2.75, 3.05) is 11.9 Å². The second-order valence-corrected chi connectivity index (χ2v) is 5.31. The van der Waals surface area contributed by atoms with Crippen LogP contribution in [0.1, 0.15) is 22.0 Å². The number of aliphatic hydroxyl groups excluding tert-OH is 1. The summed E-state index contributed by atoms with van der Waals surface area (Å²) in [5, 5.41) is 13.2. The largest absolute Gasteiger partial charge is 0.387 e. The van der Waals surface area contributed by atoms with Crippen LogP contribution in [-0.4, -0.2) is 17.6 Å². The molecule has 0 aliphatic heterocycles. The van der Waals surface area contributed by atoms with Crippen molar-refractivity contribution < 1.29 is 9.90 Å². The minimum atomic E-state index is -0.635. The fourth-order valence-electron chi connectivity index (χ4n) is 1.83. The molecule has 20 heavy (non-hydrogen) atoms. The summed E-state index contributed by atoms with van der Waals surface area (Å²) in [7, 11) is 0. The summed E-state index contributed by atoms with van der Waals surface area (Å²) in [5.74, 6) is -0.471. The molecular weight excluding hydrogens is 320 g/mol. The first kappa shape index (κ1) is 14.6. The first-order valence-corrected chi connectivity index (χ1v) is 6.93. The van der Waals surface area contributed by atoms with E-state index in [1.165, 1.54) is 0 Å². The van der Waals surface area contributed by atoms with Gasteiger partial charge in [-0.25, -0.2) is 0 Å². The smallest absolute Gasteiger partial charge is 0.248 e. The van der Waals surface area contributed by atoms with Gasteiger partial charge >= 0.3 is 0 Å². The SMILES string of the molecule is NC(=O)c1cccc(NCC(O)c2cccc(Br)c2)c1. The van der Waals surface area contributed by atoms with Crippen molar-refractivity contribution in [2.45, 2.75) is 6.10 Å². The Kier molecular flexibility index (Phi) is 4.76. The zero-order valence-electron chi connectivity index (χ0n) is 10.7. The van der Waals surface area contributed by atoms with Crippen LogP contribution >= 0.6 is 15.9 Å². The molecule has 1 amide bonds. The zero-order chi connectivity index (χ0) is 14.5. The standard InChI is InChI=1S/C15H15BrN2O2/c16-12-5-1-3-10(7-12)14(19)9-18-13-6-2-4-11(8-13)15(17)20/h1-8,14,18-19H,9H2,(H2,17,20). The molecule has 0 saturated heterocycles. The first-order chi connectivity index (χ1) is 9.56. The average molecular weight is 335 g/mol. The second-order valence-electron chi connectivity index (χ2n) is 4.40. The fraction of sp³-hybridized carbons (Fsp3) is 0.133. The highest BCUT2D eigenvalue weighted by atomic mass is 79.9. The number of benzene rings is 2. The van der Waals surface area contributed by atoms with E-state index < -0.39 is 12.0 Å². The van der Waals surface area contributed by atoms with E-state index in [0.29, 0.717) is 12.1 Å². The second kappa shape index (κ2) is 6.54. The van der Waals surface area contributed by atoms with Gasteiger partial charge < -0.3 is 16.2 Å². The molecular formula is C15H15BrN2O2. The van der Waals surface area contributed by atoms with Gasteiger partial charge in [-0.15, -0.1) is 0 Å². The number of amides is 1. The van der Waals surface area contributed by atoms with Crippen LogP contribution in [0.25, 0.3) is 0 Å². The van der Waals surface area contributed by atoms with Crippen LogP contribution in [0.5, 0.6) is 0 Å². The Morgan fingerprint density at radius 2 is 2.00 bits per heavy atom. The summed E-state index contributed by atoms with van der Waals surface area (Å²) in [5.41, 5.74) is 7.23. The van der Waals surface area contributed by atoms with Crippen molar-refractivity contribution in [2.24, 2.45) is 5.73 Å². The lowest BCUT2D eigenvalue weighted by molar-refractivity contribution is 0.100. The van der Waals surface area contributed by atoms with Crippen LogP contribution in [-0.2, 0) is 0 Å². The highest BCUT2D eigenvalue weighted by Gasteiger charge is 2.08. The number of nitrogens with two attached hydrogens (primary N) is 1. The van der Waals surface area contributed by atoms with Gasteiger partial charge in [-0.05, 0) is 35.9 Å². The van der Waals surface area contributed by atoms with E-state index in [4.69, 9.17) is 5.73 Å². The molecule has 2 aromatic carbocycles. The Balaban J connectivity index is 2.01. The topological polar surface area (TPSA) is 75.4 Å². The minimum absolute atomic E-state index is 0.346. The average Bonchev–Trinajstić information content (AvgIpc) is 2.45. The van der Waals surface area contributed by atoms with Gasteiger partial charge in [0.1, 0.15) is 0 Å². The lowest BCUT2D eigenvalue weighted by Gasteiger charge is -2.14. The summed E-state index contributed by atoms with van der Waals surface area (Å²) in [4.78, 5) is 11.1. The molecule has 0 spiro atoms. The maximum absolute atomic E-state index is 11.1. The van der Waals surface area contributed by atoms with Crippen LogP contribution in [0.2, 0.25) is 0 Å². The normalized spacial score (nSPS) is 11.9. The summed E-state index contributed by atoms with van der Waals surface area (Å²) in [6, 6.07) is 14.4. The third-order valence-corrected chi connectivity index (χ3v) is 3.37. The molecule has 4 nitrogen and oxygen atoms in total. The number of rotatable bonds is 5. The van der Waals surface area contributed by atoms with Crippen LogP contribution in [0.15, 0.2) is 53.0 Å². The Labute approximate surface area is 125 Å². The molecule has 0 saturated carbocycles. The highest BCUT2D eigenvalue weighted by molar-refractivity contribution is 9.10. The number of hydrogen-bond acceptors (Lipinski definition) is 3. The van der Waals surface area contributed by atoms with E-state index in [2.05, 4.69) is 21.2 Å². The molecule has 0 radical (unpaired) electrons. The predicted molar refractivity (Wildman–Crippen MR) is 82.6 cm³/mol. The van der Waals surface area contributed by atoms with E-state index in [0.717, 1.165) is 15.7 Å². The van der Waals surface area contributed by atoms with Crippen molar-refractivity contribution in [3.63, 3.8) is 0 Å². The monoisotopic (exact) mass is 334 g/mol. The van der Waals surface area contributed by atoms with Gasteiger partial charge in [0.2, 0.25) is 5.91 Å². The van der Waals surface area contributed by atoms with E-state index >= 15 is 0 Å². The number of aliphatic hydroxyl groups is 1. The molecule has 0 fully saturated rings. The molecule has 2 aromatic rings. The van der Waals surface area contributed by atoms with Crippen molar-refractivity contribution in [1.29, 1.82) is 0 Å². The summed E-state index contributed by atoms with van der Waals surface area (Å²) in [6.45, 7) is 0.346. The molecule has 0 aliphatic rings. The van der Waals surface area contributed by atoms with Gasteiger partial charge in [0.05, 0.1) is 6.10 Å². The predicted octanol–water partition coefficient (Wildman–Crippen LogP) is 2.69. The lowest BCUT2D eigenvalue weighted by Crippen LogP contribution is -2.14. The molecule has 4 N–H and O–H groups in total. The number of hydrogen-bond donors (Lipinski definition) is 3. The van der Waals surface area contributed by atoms with E-state index in [1.807, 2.05) is 30.3 Å². The van der Waals surface area contributed by atoms with Gasteiger partial charge in [0.25, 0.3) is 0 Å². The Hall–Kier alpha value is -1.85. The molecule has 0 aromatic heterocycles. The summed E-state index contributed by atoms with van der Waals surface area (Å²) >= 11 is 3.37. The summed E-state index contributed by atoms with van der Waals surface area (Å²) in [6.07, 6.45) is -0.635. The maximum atomic E-state index is 11.1. The third kappa shape index (κ3) is 3.82. The van der Waals surface area contributed by atoms with Crippen molar-refractivity contribution in [3.05, 3.63) is 64.1 Å². The number of carbonyl (C=O) groups excluding carboxylic acids is 1. The van der Waals surface area contributed by atoms with Gasteiger partial charge in [-0.3, -0.25) is 4.79 Å². The molecule has 0 aliphatic carbocycles. The molecule has 0 heterocycles. The van der Waals surface area contributed by atoms with E-state index in [1.54, 1.807) is 18.2 Å². The van der Waals surface area contributed by atoms with Gasteiger partial charge in [0, 0.05) is 22.3 Å². The molecule has 104 valence electrons. The van der Waals surface area contributed by atoms with Crippen LogP contribution in [0.3, 0.4) is 0 Å². The van der Waals surface area contributed by atoms with Crippen LogP contribution in [0, 0.1) is 0 Å². The number of anilines is 1. The Bertz CT molecular complexity index is 616. The maximum Gasteiger partial charge on any atom is 0.248 e. The number of nitrogens with one attached hydrogen (secondary N) is 1. The number of carbonyl (C=O) groups is 1. The summed E-state index contributed by atoms with van der Waals surface area (Å²) < 4.78 is 0.921. The first-order valence-electron chi connectivity index (χ1n) is 6.13. The van der Waals surface area contributed by atoms with Crippen LogP contribution in [0.4, 0.5) is 5.69 Å². The minimum Gasteiger partial charge on any atom is -0.387 e. The zero-order valence-corrected chi connectivity index (χ0v) is 12.3. The molecule has 1 unspecified atom stereocenters. The molecule has 5 heteroatoms. The van der Waals surface area contributed by atoms with Crippen LogP contribution < -0.4 is 11.1 Å². The molecule has 1 atom stereocenters.